The van der Waals surface area contributed by atoms with E-state index in [1.807, 2.05) is 49.4 Å². The Bertz CT molecular complexity index is 1810. The summed E-state index contributed by atoms with van der Waals surface area (Å²) in [6, 6.07) is 9.37. The number of carbonyl (C=O) groups excluding carboxylic acids is 2. The number of morpholine rings is 1. The Kier molecular flexibility index (Phi) is 7.36. The fourth-order valence-corrected chi connectivity index (χ4v) is 7.28. The van der Waals surface area contributed by atoms with Gasteiger partial charge in [-0.3, -0.25) is 9.59 Å². The van der Waals surface area contributed by atoms with Gasteiger partial charge in [-0.2, -0.15) is 0 Å². The van der Waals surface area contributed by atoms with Gasteiger partial charge < -0.3 is 34.6 Å². The number of nitrogens with one attached hydrogen (secondary N) is 1. The van der Waals surface area contributed by atoms with E-state index < -0.39 is 5.41 Å². The Morgan fingerprint density at radius 1 is 1.13 bits per heavy atom. The van der Waals surface area contributed by atoms with Crippen LogP contribution in [0.2, 0.25) is 0 Å². The van der Waals surface area contributed by atoms with Gasteiger partial charge >= 0.3 is 0 Å². The fraction of sp³-hybridized carbons (Fsp3) is 0.529. The molecule has 3 aromatic heterocycles. The minimum atomic E-state index is -0.420. The first-order chi connectivity index (χ1) is 21.6. The highest BCUT2D eigenvalue weighted by atomic mass is 16.5. The van der Waals surface area contributed by atoms with Crippen LogP contribution in [0.25, 0.3) is 33.6 Å². The molecule has 45 heavy (non-hydrogen) atoms. The van der Waals surface area contributed by atoms with Gasteiger partial charge in [0.1, 0.15) is 16.9 Å². The van der Waals surface area contributed by atoms with Crippen molar-refractivity contribution in [3.05, 3.63) is 41.6 Å². The molecule has 1 aromatic carbocycles. The zero-order chi connectivity index (χ0) is 31.6. The summed E-state index contributed by atoms with van der Waals surface area (Å²) >= 11 is 0. The van der Waals surface area contributed by atoms with Crippen LogP contribution < -0.4 is 15.8 Å². The predicted molar refractivity (Wildman–Crippen MR) is 172 cm³/mol. The maximum atomic E-state index is 13.7. The summed E-state index contributed by atoms with van der Waals surface area (Å²) in [5, 5.41) is 4.21. The normalized spacial score (nSPS) is 25.2. The third-order valence-electron chi connectivity index (χ3n) is 10.1. The quantitative estimate of drug-likeness (QED) is 0.352. The molecule has 0 spiro atoms. The van der Waals surface area contributed by atoms with E-state index in [1.54, 1.807) is 13.2 Å². The summed E-state index contributed by atoms with van der Waals surface area (Å²) in [6.07, 6.45) is 4.85. The second-order valence-electron chi connectivity index (χ2n) is 13.6. The molecule has 6 heterocycles. The SMILES string of the molecule is COc1cc(C(=O)N2C[C@H]3OC[C@@H]2[C@@H]3N)cc2nc(-c3cc4ccc5nc4n3CCCCCCC(C)(C)C(=O)N[C@@H]5C)n(C)c12. The van der Waals surface area contributed by atoms with Gasteiger partial charge in [-0.25, -0.2) is 9.97 Å². The molecule has 0 unspecified atom stereocenters. The Balaban J connectivity index is 1.30. The first-order valence-electron chi connectivity index (χ1n) is 16.1. The highest BCUT2D eigenvalue weighted by Gasteiger charge is 2.48. The fourth-order valence-electron chi connectivity index (χ4n) is 7.28. The number of rotatable bonds is 3. The van der Waals surface area contributed by atoms with Crippen molar-refractivity contribution in [1.82, 2.24) is 29.3 Å². The number of nitrogens with two attached hydrogens (primary N) is 1. The lowest BCUT2D eigenvalue weighted by atomic mass is 9.85. The second-order valence-corrected chi connectivity index (χ2v) is 13.6. The van der Waals surface area contributed by atoms with Crippen LogP contribution in [0.15, 0.2) is 30.3 Å². The number of aromatic nitrogens is 4. The number of carbonyl (C=O) groups is 2. The highest BCUT2D eigenvalue weighted by molar-refractivity contribution is 6.00. The number of amides is 2. The Hall–Kier alpha value is -3.96. The van der Waals surface area contributed by atoms with Crippen LogP contribution in [0.4, 0.5) is 0 Å². The molecule has 2 fully saturated rings. The summed E-state index contributed by atoms with van der Waals surface area (Å²) in [6.45, 7) is 7.80. The predicted octanol–water partition coefficient (Wildman–Crippen LogP) is 4.32. The number of ether oxygens (including phenoxy) is 2. The third-order valence-corrected chi connectivity index (χ3v) is 10.1. The number of likely N-dealkylation sites (tertiary alicyclic amines) is 1. The van der Waals surface area contributed by atoms with E-state index in [9.17, 15) is 9.59 Å². The van der Waals surface area contributed by atoms with E-state index in [0.29, 0.717) is 30.0 Å². The molecule has 0 radical (unpaired) electrons. The molecule has 11 heteroatoms. The maximum Gasteiger partial charge on any atom is 0.254 e. The molecule has 3 aliphatic heterocycles. The number of methoxy groups -OCH3 is 1. The number of benzene rings is 1. The van der Waals surface area contributed by atoms with Gasteiger partial charge in [-0.1, -0.05) is 33.1 Å². The van der Waals surface area contributed by atoms with Gasteiger partial charge in [-0.05, 0) is 50.1 Å². The summed E-state index contributed by atoms with van der Waals surface area (Å²) < 4.78 is 15.8. The van der Waals surface area contributed by atoms with E-state index in [-0.39, 0.29) is 36.0 Å². The molecule has 2 saturated heterocycles. The van der Waals surface area contributed by atoms with Gasteiger partial charge in [0.2, 0.25) is 5.91 Å². The average molecular weight is 614 g/mol. The largest absolute Gasteiger partial charge is 0.494 e. The minimum absolute atomic E-state index is 0.0601. The number of aryl methyl sites for hydroxylation is 2. The first-order valence-corrected chi connectivity index (χ1v) is 16.1. The van der Waals surface area contributed by atoms with E-state index in [1.165, 1.54) is 0 Å². The van der Waals surface area contributed by atoms with Crippen molar-refractivity contribution < 1.29 is 19.1 Å². The van der Waals surface area contributed by atoms with Crippen molar-refractivity contribution >= 4 is 33.9 Å². The summed E-state index contributed by atoms with van der Waals surface area (Å²) in [4.78, 5) is 38.8. The van der Waals surface area contributed by atoms with Crippen molar-refractivity contribution in [2.24, 2.45) is 18.2 Å². The molecule has 4 aromatic rings. The zero-order valence-electron chi connectivity index (χ0n) is 26.8. The molecule has 7 rings (SSSR count). The number of imidazole rings is 1. The highest BCUT2D eigenvalue weighted by Crippen LogP contribution is 2.36. The lowest BCUT2D eigenvalue weighted by Gasteiger charge is -2.27. The summed E-state index contributed by atoms with van der Waals surface area (Å²) in [7, 11) is 3.60. The molecular formula is C34H43N7O4. The molecule has 4 atom stereocenters. The van der Waals surface area contributed by atoms with Crippen molar-refractivity contribution in [2.45, 2.75) is 83.6 Å². The monoisotopic (exact) mass is 613 g/mol. The first kappa shape index (κ1) is 29.7. The number of nitrogens with zero attached hydrogens (tertiary/aromatic N) is 5. The van der Waals surface area contributed by atoms with E-state index in [0.717, 1.165) is 72.4 Å². The molecular weight excluding hydrogens is 570 g/mol. The van der Waals surface area contributed by atoms with Crippen molar-refractivity contribution in [1.29, 1.82) is 0 Å². The molecule has 2 amide bonds. The van der Waals surface area contributed by atoms with Crippen molar-refractivity contribution in [3.8, 4) is 17.3 Å². The Morgan fingerprint density at radius 2 is 1.93 bits per heavy atom. The van der Waals surface area contributed by atoms with Crippen LogP contribution in [0.1, 0.15) is 75.0 Å². The summed E-state index contributed by atoms with van der Waals surface area (Å²) in [5.41, 5.74) is 10.6. The standard InChI is InChI=1S/C34H43N7O4/c1-19-22-11-10-20-15-24(40(30(20)37-22)13-9-7-6-8-12-34(2,3)33(43)36-19)31-38-23-14-21(16-26(44-5)29(23)39(31)4)32(42)41-17-27-28(35)25(41)18-45-27/h10-11,14-16,19,25,27-28H,6-9,12-13,17-18,35H2,1-5H3,(H,36,43)/t19-,25-,27-,28+/m1/s1. The maximum absolute atomic E-state index is 13.7. The van der Waals surface area contributed by atoms with Gasteiger partial charge in [-0.15, -0.1) is 0 Å². The molecule has 0 aliphatic carbocycles. The average Bonchev–Trinajstić information content (AvgIpc) is 3.76. The van der Waals surface area contributed by atoms with Crippen molar-refractivity contribution in [3.63, 3.8) is 0 Å². The lowest BCUT2D eigenvalue weighted by Crippen LogP contribution is -2.43. The summed E-state index contributed by atoms with van der Waals surface area (Å²) in [5.74, 6) is 1.33. The molecule has 3 N–H and O–H groups in total. The van der Waals surface area contributed by atoms with E-state index >= 15 is 0 Å². The van der Waals surface area contributed by atoms with Gasteiger partial charge in [0, 0.05) is 36.5 Å². The van der Waals surface area contributed by atoms with Crippen LogP contribution in [0.5, 0.6) is 5.75 Å². The van der Waals surface area contributed by atoms with Gasteiger partial charge in [0.15, 0.2) is 5.82 Å². The lowest BCUT2D eigenvalue weighted by molar-refractivity contribution is -0.130. The van der Waals surface area contributed by atoms with Gasteiger partial charge in [0.25, 0.3) is 5.91 Å². The molecule has 4 bridgehead atoms. The number of hydrogen-bond acceptors (Lipinski definition) is 7. The third kappa shape index (κ3) is 4.96. The number of fused-ring (bicyclic) bond motifs is 4. The van der Waals surface area contributed by atoms with E-state index in [4.69, 9.17) is 25.2 Å². The van der Waals surface area contributed by atoms with E-state index in [2.05, 4.69) is 22.0 Å². The molecule has 238 valence electrons. The van der Waals surface area contributed by atoms with Crippen LogP contribution in [-0.2, 0) is 23.1 Å². The number of pyridine rings is 1. The van der Waals surface area contributed by atoms with Crippen molar-refractivity contribution in [2.75, 3.05) is 20.3 Å². The minimum Gasteiger partial charge on any atom is -0.494 e. The second kappa shape index (κ2) is 11.1. The van der Waals surface area contributed by atoms with Gasteiger partial charge in [0.05, 0.1) is 54.9 Å². The molecule has 3 aliphatic rings. The zero-order valence-corrected chi connectivity index (χ0v) is 26.8. The molecule has 11 nitrogen and oxygen atoms in total. The Morgan fingerprint density at radius 3 is 2.67 bits per heavy atom. The smallest absolute Gasteiger partial charge is 0.254 e. The van der Waals surface area contributed by atoms with Crippen LogP contribution >= 0.6 is 0 Å². The topological polar surface area (TPSA) is 130 Å². The Labute approximate surface area is 263 Å². The van der Waals surface area contributed by atoms with Crippen LogP contribution in [-0.4, -0.2) is 74.3 Å². The van der Waals surface area contributed by atoms with Crippen LogP contribution in [0, 0.1) is 5.41 Å². The number of hydrogen-bond donors (Lipinski definition) is 2. The van der Waals surface area contributed by atoms with Crippen LogP contribution in [0.3, 0.4) is 0 Å². The molecule has 0 saturated carbocycles.